The summed E-state index contributed by atoms with van der Waals surface area (Å²) in [4.78, 5) is 8.33. The first-order valence-electron chi connectivity index (χ1n) is 0.946. The van der Waals surface area contributed by atoms with Crippen LogP contribution < -0.4 is 10.2 Å². The lowest BCUT2D eigenvalue weighted by molar-refractivity contribution is -0.415. The third kappa shape index (κ3) is 6.92. The van der Waals surface area contributed by atoms with Crippen LogP contribution in [0.4, 0.5) is 4.79 Å². The molecule has 0 heterocycles. The highest BCUT2D eigenvalue weighted by Gasteiger charge is 1.26. The van der Waals surface area contributed by atoms with Crippen molar-refractivity contribution in [3.05, 3.63) is 0 Å². The van der Waals surface area contributed by atoms with Crippen molar-refractivity contribution in [2.45, 2.75) is 0 Å². The molecule has 3 nitrogen and oxygen atoms in total. The fourth-order valence-corrected chi connectivity index (χ4v) is 0. The Hall–Kier alpha value is -1.17. The van der Waals surface area contributed by atoms with Gasteiger partial charge >= 0.3 is 0 Å². The van der Waals surface area contributed by atoms with Crippen molar-refractivity contribution < 1.29 is 15.0 Å². The van der Waals surface area contributed by atoms with E-state index in [1.165, 1.54) is 0 Å². The summed E-state index contributed by atoms with van der Waals surface area (Å²) in [6.07, 6.45) is 5.67. The van der Waals surface area contributed by atoms with Crippen molar-refractivity contribution in [1.82, 2.24) is 0 Å². The minimum absolute atomic E-state index is 2.33. The molecule has 0 aromatic carbocycles. The molecule has 0 amide bonds. The molecule has 0 saturated carbocycles. The molecule has 0 bridgehead atoms. The van der Waals surface area contributed by atoms with Crippen LogP contribution in [0.5, 0.6) is 0 Å². The van der Waals surface area contributed by atoms with Gasteiger partial charge in [0.1, 0.15) is 0 Å². The van der Waals surface area contributed by atoms with Crippen LogP contribution in [0.3, 0.4) is 0 Å². The number of carbonyl (C=O) groups is 1. The summed E-state index contributed by atoms with van der Waals surface area (Å²) in [5.41, 5.74) is 0. The van der Waals surface area contributed by atoms with Crippen LogP contribution in [0, 0.1) is 12.8 Å². The quantitative estimate of drug-likeness (QED) is 0.314. The second-order valence-corrected chi connectivity index (χ2v) is 0.250. The standard InChI is InChI=1S/C2H2.CH2O3/c1-2;2-1(3)4/h1-2H;(H2,2,3,4)/p-2. The minimum Gasteiger partial charge on any atom is -0.652 e. The Morgan fingerprint density at radius 1 is 1.33 bits per heavy atom. The fourth-order valence-electron chi connectivity index (χ4n) is 0. The second kappa shape index (κ2) is 9.16. The Labute approximate surface area is 35.2 Å². The number of carbonyl (C=O) groups excluding carboxylic acids is 1. The summed E-state index contributed by atoms with van der Waals surface area (Å²) in [5, 5.41) is 16.7. The maximum absolute atomic E-state index is 8.33. The van der Waals surface area contributed by atoms with E-state index in [0.717, 1.165) is 0 Å². The largest absolute Gasteiger partial charge is 0.652 e. The molecule has 0 aliphatic rings. The summed E-state index contributed by atoms with van der Waals surface area (Å²) in [6, 6.07) is 0. The number of carboxylic acid groups (broad SMARTS) is 2. The van der Waals surface area contributed by atoms with Crippen molar-refractivity contribution in [2.75, 3.05) is 0 Å². The van der Waals surface area contributed by atoms with Gasteiger partial charge in [0.2, 0.25) is 0 Å². The lowest BCUT2D eigenvalue weighted by Crippen LogP contribution is -2.37. The van der Waals surface area contributed by atoms with E-state index in [0.29, 0.717) is 0 Å². The summed E-state index contributed by atoms with van der Waals surface area (Å²) < 4.78 is 0. The van der Waals surface area contributed by atoms with Crippen LogP contribution in [-0.2, 0) is 0 Å². The highest BCUT2D eigenvalue weighted by atomic mass is 16.6. The van der Waals surface area contributed by atoms with E-state index in [2.05, 4.69) is 12.8 Å². The number of hydrogen-bond acceptors (Lipinski definition) is 3. The molecule has 0 unspecified atom stereocenters. The van der Waals surface area contributed by atoms with Crippen LogP contribution in [0.15, 0.2) is 0 Å². The van der Waals surface area contributed by atoms with E-state index in [1.54, 1.807) is 0 Å². The van der Waals surface area contributed by atoms with Crippen LogP contribution in [0.1, 0.15) is 0 Å². The monoisotopic (exact) mass is 86.0 g/mol. The molecule has 0 spiro atoms. The third-order valence-corrected chi connectivity index (χ3v) is 0. The molecule has 0 N–H and O–H groups in total. The van der Waals surface area contributed by atoms with Crippen molar-refractivity contribution in [3.63, 3.8) is 0 Å². The van der Waals surface area contributed by atoms with Gasteiger partial charge in [-0.1, -0.05) is 0 Å². The Morgan fingerprint density at radius 3 is 1.33 bits per heavy atom. The molecule has 0 saturated heterocycles. The van der Waals surface area contributed by atoms with E-state index in [1.807, 2.05) is 0 Å². The molecular formula is C3H2O3-2. The summed E-state index contributed by atoms with van der Waals surface area (Å²) in [7, 11) is 0. The molecule has 0 aromatic heterocycles. The van der Waals surface area contributed by atoms with E-state index in [4.69, 9.17) is 15.0 Å². The molecule has 0 fully saturated rings. The fraction of sp³-hybridized carbons (Fsp3) is 0. The average Bonchev–Trinajstić information content (AvgIpc) is 1.41. The van der Waals surface area contributed by atoms with Crippen LogP contribution >= 0.6 is 0 Å². The lowest BCUT2D eigenvalue weighted by atomic mass is 11.4. The molecule has 0 aliphatic carbocycles. The van der Waals surface area contributed by atoms with Crippen molar-refractivity contribution >= 4 is 6.16 Å². The smallest absolute Gasteiger partial charge is 0.0431 e. The normalized spacial score (nSPS) is 4.33. The van der Waals surface area contributed by atoms with E-state index >= 15 is 0 Å². The van der Waals surface area contributed by atoms with Gasteiger partial charge in [-0.15, -0.1) is 12.8 Å². The van der Waals surface area contributed by atoms with Gasteiger partial charge in [0.15, 0.2) is 0 Å². The molecule has 0 atom stereocenters. The van der Waals surface area contributed by atoms with Crippen molar-refractivity contribution in [2.24, 2.45) is 0 Å². The Morgan fingerprint density at radius 2 is 1.33 bits per heavy atom. The van der Waals surface area contributed by atoms with Crippen LogP contribution in [0.2, 0.25) is 0 Å². The zero-order chi connectivity index (χ0) is 5.58. The minimum atomic E-state index is -2.33. The second-order valence-electron chi connectivity index (χ2n) is 0.250. The summed E-state index contributed by atoms with van der Waals surface area (Å²) >= 11 is 0. The first kappa shape index (κ1) is 8.85. The van der Waals surface area contributed by atoms with E-state index in [9.17, 15) is 0 Å². The Balaban J connectivity index is 0. The van der Waals surface area contributed by atoms with Gasteiger partial charge < -0.3 is 15.0 Å². The molecule has 0 radical (unpaired) electrons. The third-order valence-electron chi connectivity index (χ3n) is 0. The summed E-state index contributed by atoms with van der Waals surface area (Å²) in [6.45, 7) is 0. The van der Waals surface area contributed by atoms with Gasteiger partial charge in [0.05, 0.1) is 0 Å². The first-order valence-corrected chi connectivity index (χ1v) is 0.946. The SMILES string of the molecule is C#C.O=C([O-])[O-]. The number of terminal acetylenes is 1. The first-order chi connectivity index (χ1) is 2.73. The van der Waals surface area contributed by atoms with Gasteiger partial charge in [0, 0.05) is 0 Å². The molecule has 34 valence electrons. The topological polar surface area (TPSA) is 63.2 Å². The molecule has 3 heteroatoms. The summed E-state index contributed by atoms with van der Waals surface area (Å²) in [5.74, 6) is 0. The molecule has 6 heavy (non-hydrogen) atoms. The van der Waals surface area contributed by atoms with Crippen molar-refractivity contribution in [1.29, 1.82) is 0 Å². The van der Waals surface area contributed by atoms with Crippen LogP contribution in [-0.4, -0.2) is 6.16 Å². The molecule has 0 aromatic rings. The average molecular weight is 86.0 g/mol. The zero-order valence-corrected chi connectivity index (χ0v) is 2.88. The molecule has 0 aliphatic heterocycles. The number of rotatable bonds is 0. The maximum Gasteiger partial charge on any atom is -0.0431 e. The van der Waals surface area contributed by atoms with E-state index in [-0.39, 0.29) is 0 Å². The predicted molar refractivity (Wildman–Crippen MR) is 15.3 cm³/mol. The van der Waals surface area contributed by atoms with Gasteiger partial charge in [0.25, 0.3) is 0 Å². The Bertz CT molecular complexity index is 50.3. The van der Waals surface area contributed by atoms with Gasteiger partial charge in [-0.05, 0) is 6.16 Å². The maximum atomic E-state index is 8.33. The van der Waals surface area contributed by atoms with Gasteiger partial charge in [-0.2, -0.15) is 0 Å². The number of hydrogen-bond donors (Lipinski definition) is 0. The Kier molecular flexibility index (Phi) is 13.5. The van der Waals surface area contributed by atoms with E-state index < -0.39 is 6.16 Å². The highest BCUT2D eigenvalue weighted by molar-refractivity contribution is 5.47. The predicted octanol–water partition coefficient (Wildman–Crippen LogP) is -2.20. The van der Waals surface area contributed by atoms with Gasteiger partial charge in [-0.3, -0.25) is 0 Å². The molecule has 0 rings (SSSR count). The van der Waals surface area contributed by atoms with Crippen molar-refractivity contribution in [3.8, 4) is 12.8 Å². The molecular weight excluding hydrogens is 84.0 g/mol. The zero-order valence-electron chi connectivity index (χ0n) is 2.88. The van der Waals surface area contributed by atoms with Gasteiger partial charge in [-0.25, -0.2) is 0 Å². The highest BCUT2D eigenvalue weighted by Crippen LogP contribution is 1.21. The van der Waals surface area contributed by atoms with Crippen LogP contribution in [0.25, 0.3) is 0 Å². The lowest BCUT2D eigenvalue weighted by Gasteiger charge is -1.96.